The van der Waals surface area contributed by atoms with E-state index in [-0.39, 0.29) is 36.9 Å². The molecular weight excluding hydrogens is 583 g/mol. The lowest BCUT2D eigenvalue weighted by molar-refractivity contribution is -0.143. The lowest BCUT2D eigenvalue weighted by Gasteiger charge is -2.32. The number of likely N-dealkylation sites (N-methyl/N-ethyl adjacent to an activating group) is 1. The predicted molar refractivity (Wildman–Crippen MR) is 146 cm³/mol. The highest BCUT2D eigenvalue weighted by atomic mass is 19.4. The fourth-order valence-electron chi connectivity index (χ4n) is 5.22. The van der Waals surface area contributed by atoms with E-state index in [2.05, 4.69) is 4.98 Å². The van der Waals surface area contributed by atoms with Gasteiger partial charge in [0, 0.05) is 19.2 Å². The number of anilines is 2. The van der Waals surface area contributed by atoms with Crippen LogP contribution in [0.3, 0.4) is 0 Å². The first-order chi connectivity index (χ1) is 19.8. The van der Waals surface area contributed by atoms with Crippen molar-refractivity contribution in [2.45, 2.75) is 57.1 Å². The van der Waals surface area contributed by atoms with Crippen LogP contribution in [0.25, 0.3) is 11.1 Å². The van der Waals surface area contributed by atoms with Crippen molar-refractivity contribution in [2.24, 2.45) is 0 Å². The molecule has 2 unspecified atom stereocenters. The van der Waals surface area contributed by atoms with Crippen LogP contribution in [0.1, 0.15) is 42.5 Å². The second-order valence-electron chi connectivity index (χ2n) is 11.2. The molecule has 2 N–H and O–H groups in total. The normalized spacial score (nSPS) is 17.8. The zero-order valence-corrected chi connectivity index (χ0v) is 23.7. The lowest BCUT2D eigenvalue weighted by Crippen LogP contribution is -2.42. The molecule has 4 rings (SSSR count). The smallest absolute Gasteiger partial charge is 0.394 e. The molecule has 3 aromatic rings. The van der Waals surface area contributed by atoms with Crippen molar-refractivity contribution in [3.05, 3.63) is 76.7 Å². The highest BCUT2D eigenvalue weighted by Crippen LogP contribution is 2.41. The number of aliphatic hydroxyl groups excluding tert-OH is 2. The highest BCUT2D eigenvalue weighted by Gasteiger charge is 2.41. The number of aromatic nitrogens is 1. The Hall–Kier alpha value is -3.71. The molecule has 6 nitrogen and oxygen atoms in total. The number of benzene rings is 2. The minimum absolute atomic E-state index is 0.000323. The summed E-state index contributed by atoms with van der Waals surface area (Å²) in [4.78, 5) is 21.0. The molecule has 0 saturated carbocycles. The molecule has 1 saturated heterocycles. The highest BCUT2D eigenvalue weighted by molar-refractivity contribution is 6.03. The van der Waals surface area contributed by atoms with Gasteiger partial charge in [0.25, 0.3) is 0 Å². The Morgan fingerprint density at radius 3 is 2.12 bits per heavy atom. The number of pyridine rings is 1. The van der Waals surface area contributed by atoms with Crippen LogP contribution in [0.15, 0.2) is 48.7 Å². The van der Waals surface area contributed by atoms with E-state index in [9.17, 15) is 45.7 Å². The van der Waals surface area contributed by atoms with Crippen LogP contribution in [-0.4, -0.2) is 53.4 Å². The first kappa shape index (κ1) is 32.2. The van der Waals surface area contributed by atoms with E-state index in [4.69, 9.17) is 0 Å². The van der Waals surface area contributed by atoms with Gasteiger partial charge in [-0.3, -0.25) is 4.79 Å². The Morgan fingerprint density at radius 1 is 1.00 bits per heavy atom. The Balaban J connectivity index is 1.83. The summed E-state index contributed by atoms with van der Waals surface area (Å²) in [6, 6.07) is 6.38. The number of nitrogens with zero attached hydrogens (tertiary/aromatic N) is 3. The Bertz CT molecular complexity index is 1490. The molecule has 232 valence electrons. The predicted octanol–water partition coefficient (Wildman–Crippen LogP) is 6.11. The minimum atomic E-state index is -5.09. The topological polar surface area (TPSA) is 76.9 Å². The fraction of sp³-hybridized carbons (Fsp3) is 0.400. The van der Waals surface area contributed by atoms with E-state index < -0.39 is 58.3 Å². The van der Waals surface area contributed by atoms with Crippen molar-refractivity contribution in [1.29, 1.82) is 0 Å². The SMILES string of the molecule is Cc1cc(-c2cc(N3CC(O)CC3CO)ncc2N(C)C(=O)C(C)(C)c2cc(C(F)(F)F)cc(C(F)(F)F)c2)ccc1F. The molecule has 2 heterocycles. The quantitative estimate of drug-likeness (QED) is 0.329. The van der Waals surface area contributed by atoms with E-state index >= 15 is 0 Å². The molecule has 1 aromatic heterocycles. The molecule has 13 heteroatoms. The number of halogens is 7. The first-order valence-corrected chi connectivity index (χ1v) is 13.2. The fourth-order valence-corrected chi connectivity index (χ4v) is 5.22. The molecule has 1 fully saturated rings. The molecule has 0 radical (unpaired) electrons. The maximum Gasteiger partial charge on any atom is 0.416 e. The maximum atomic E-state index is 14.1. The van der Waals surface area contributed by atoms with Crippen LogP contribution in [0.5, 0.6) is 0 Å². The molecule has 43 heavy (non-hydrogen) atoms. The Labute approximate surface area is 243 Å². The van der Waals surface area contributed by atoms with Gasteiger partial charge in [0.2, 0.25) is 5.91 Å². The zero-order valence-electron chi connectivity index (χ0n) is 23.7. The number of β-amino-alcohol motifs (C(OH)–C–C–N with tert-alkyl or cyclic N) is 1. The third kappa shape index (κ3) is 6.47. The summed E-state index contributed by atoms with van der Waals surface area (Å²) in [5.74, 6) is -0.985. The van der Waals surface area contributed by atoms with Crippen molar-refractivity contribution in [1.82, 2.24) is 4.98 Å². The van der Waals surface area contributed by atoms with Gasteiger partial charge >= 0.3 is 12.4 Å². The monoisotopic (exact) mass is 613 g/mol. The second kappa shape index (κ2) is 11.4. The maximum absolute atomic E-state index is 14.1. The number of hydrogen-bond acceptors (Lipinski definition) is 5. The molecule has 0 aliphatic carbocycles. The second-order valence-corrected chi connectivity index (χ2v) is 11.2. The molecule has 0 bridgehead atoms. The third-order valence-electron chi connectivity index (χ3n) is 7.74. The minimum Gasteiger partial charge on any atom is -0.394 e. The van der Waals surface area contributed by atoms with E-state index in [0.29, 0.717) is 29.1 Å². The number of carbonyl (C=O) groups excluding carboxylic acids is 1. The van der Waals surface area contributed by atoms with Gasteiger partial charge in [0.15, 0.2) is 0 Å². The lowest BCUT2D eigenvalue weighted by atomic mass is 9.81. The molecule has 1 aliphatic rings. The summed E-state index contributed by atoms with van der Waals surface area (Å²) in [5, 5.41) is 20.0. The number of hydrogen-bond donors (Lipinski definition) is 2. The third-order valence-corrected chi connectivity index (χ3v) is 7.74. The van der Waals surface area contributed by atoms with Crippen LogP contribution >= 0.6 is 0 Å². The number of aryl methyl sites for hydroxylation is 1. The van der Waals surface area contributed by atoms with Crippen LogP contribution in [0, 0.1) is 12.7 Å². The number of carbonyl (C=O) groups is 1. The van der Waals surface area contributed by atoms with Gasteiger partial charge in [-0.05, 0) is 80.3 Å². The summed E-state index contributed by atoms with van der Waals surface area (Å²) in [7, 11) is 1.31. The van der Waals surface area contributed by atoms with Crippen molar-refractivity contribution in [2.75, 3.05) is 30.0 Å². The van der Waals surface area contributed by atoms with Crippen LogP contribution < -0.4 is 9.80 Å². The van der Waals surface area contributed by atoms with Gasteiger partial charge in [-0.2, -0.15) is 26.3 Å². The van der Waals surface area contributed by atoms with Crippen molar-refractivity contribution in [3.63, 3.8) is 0 Å². The van der Waals surface area contributed by atoms with E-state index in [0.717, 1.165) is 4.90 Å². The van der Waals surface area contributed by atoms with Crippen molar-refractivity contribution >= 4 is 17.4 Å². The molecule has 1 aliphatic heterocycles. The van der Waals surface area contributed by atoms with Gasteiger partial charge in [-0.1, -0.05) is 6.07 Å². The largest absolute Gasteiger partial charge is 0.416 e. The summed E-state index contributed by atoms with van der Waals surface area (Å²) in [6.45, 7) is 3.88. The number of aliphatic hydroxyl groups is 2. The molecular formula is C30H30F7N3O3. The van der Waals surface area contributed by atoms with Crippen LogP contribution in [0.2, 0.25) is 0 Å². The summed E-state index contributed by atoms with van der Waals surface area (Å²) < 4.78 is 95.5. The zero-order chi connectivity index (χ0) is 32.1. The summed E-state index contributed by atoms with van der Waals surface area (Å²) >= 11 is 0. The average molecular weight is 614 g/mol. The van der Waals surface area contributed by atoms with Crippen molar-refractivity contribution in [3.8, 4) is 11.1 Å². The number of alkyl halides is 6. The standard InChI is InChI=1S/C30H30F7N3O3/c1-16-7-17(5-6-24(16)31)23-12-26(40-14-22(42)11-21(40)15-41)38-13-25(23)39(4)27(43)28(2,3)18-8-19(29(32,33)34)10-20(9-18)30(35,36)37/h5-10,12-13,21-22,41-42H,11,14-15H2,1-4H3. The summed E-state index contributed by atoms with van der Waals surface area (Å²) in [5.41, 5.74) is -4.20. The van der Waals surface area contributed by atoms with E-state index in [1.165, 1.54) is 52.2 Å². The van der Waals surface area contributed by atoms with E-state index in [1.807, 2.05) is 0 Å². The van der Waals surface area contributed by atoms with Crippen LogP contribution in [0.4, 0.5) is 42.2 Å². The summed E-state index contributed by atoms with van der Waals surface area (Å²) in [6.07, 6.45) is -9.32. The molecule has 1 amide bonds. The van der Waals surface area contributed by atoms with Crippen LogP contribution in [-0.2, 0) is 22.6 Å². The van der Waals surface area contributed by atoms with Gasteiger partial charge in [0.05, 0.1) is 47.2 Å². The number of rotatable bonds is 6. The number of amides is 1. The Morgan fingerprint density at radius 2 is 1.58 bits per heavy atom. The van der Waals surface area contributed by atoms with Gasteiger partial charge in [0.1, 0.15) is 11.6 Å². The molecule has 2 atom stereocenters. The van der Waals surface area contributed by atoms with Gasteiger partial charge in [-0.25, -0.2) is 9.37 Å². The Kier molecular flexibility index (Phi) is 8.55. The van der Waals surface area contributed by atoms with Gasteiger partial charge in [-0.15, -0.1) is 0 Å². The molecule has 2 aromatic carbocycles. The van der Waals surface area contributed by atoms with Crippen molar-refractivity contribution < 1.29 is 45.7 Å². The average Bonchev–Trinajstić information content (AvgIpc) is 3.32. The molecule has 0 spiro atoms. The van der Waals surface area contributed by atoms with Gasteiger partial charge < -0.3 is 20.0 Å². The van der Waals surface area contributed by atoms with E-state index in [1.54, 1.807) is 11.0 Å². The first-order valence-electron chi connectivity index (χ1n) is 13.2.